The number of rotatable bonds is 14. The van der Waals surface area contributed by atoms with Crippen LogP contribution in [0.1, 0.15) is 83.1 Å². The molecule has 0 amide bonds. The normalized spacial score (nSPS) is 11.0. The van der Waals surface area contributed by atoms with Gasteiger partial charge in [-0.1, -0.05) is 76.6 Å². The summed E-state index contributed by atoms with van der Waals surface area (Å²) in [6.07, 6.45) is 13.9. The zero-order chi connectivity index (χ0) is 18.5. The van der Waals surface area contributed by atoms with E-state index in [0.717, 1.165) is 40.8 Å². The van der Waals surface area contributed by atoms with Gasteiger partial charge in [-0.2, -0.15) is 0 Å². The fourth-order valence-electron chi connectivity index (χ4n) is 2.94. The van der Waals surface area contributed by atoms with Gasteiger partial charge in [0.1, 0.15) is 15.8 Å². The Kier molecular flexibility index (Phi) is 10.3. The van der Waals surface area contributed by atoms with Crippen LogP contribution in [0.25, 0.3) is 10.6 Å². The van der Waals surface area contributed by atoms with Gasteiger partial charge in [-0.05, 0) is 37.1 Å². The fourth-order valence-corrected chi connectivity index (χ4v) is 3.83. The summed E-state index contributed by atoms with van der Waals surface area (Å²) < 4.78 is 5.83. The van der Waals surface area contributed by atoms with Gasteiger partial charge in [0, 0.05) is 12.0 Å². The second kappa shape index (κ2) is 12.9. The van der Waals surface area contributed by atoms with Crippen molar-refractivity contribution in [2.24, 2.45) is 0 Å². The van der Waals surface area contributed by atoms with Crippen molar-refractivity contribution in [3.63, 3.8) is 0 Å². The van der Waals surface area contributed by atoms with Crippen molar-refractivity contribution in [2.75, 3.05) is 6.61 Å². The molecule has 0 atom stereocenters. The summed E-state index contributed by atoms with van der Waals surface area (Å²) in [5.41, 5.74) is 1.13. The molecule has 0 spiro atoms. The molecule has 26 heavy (non-hydrogen) atoms. The van der Waals surface area contributed by atoms with Crippen molar-refractivity contribution in [3.8, 4) is 16.3 Å². The molecule has 1 heterocycles. The Labute approximate surface area is 163 Å². The number of hydrogen-bond acceptors (Lipinski definition) is 4. The summed E-state index contributed by atoms with van der Waals surface area (Å²) in [4.78, 5) is 0. The first-order valence-electron chi connectivity index (χ1n) is 10.4. The van der Waals surface area contributed by atoms with Crippen LogP contribution in [0, 0.1) is 0 Å². The average Bonchev–Trinajstić information content (AvgIpc) is 3.14. The van der Waals surface area contributed by atoms with Crippen molar-refractivity contribution < 1.29 is 4.74 Å². The first-order valence-corrected chi connectivity index (χ1v) is 11.2. The molecule has 2 rings (SSSR count). The van der Waals surface area contributed by atoms with Gasteiger partial charge in [0.25, 0.3) is 0 Å². The molecule has 0 saturated heterocycles. The summed E-state index contributed by atoms with van der Waals surface area (Å²) in [5, 5.41) is 10.9. The molecule has 1 aromatic carbocycles. The topological polar surface area (TPSA) is 35.0 Å². The van der Waals surface area contributed by atoms with E-state index < -0.39 is 0 Å². The number of aryl methyl sites for hydroxylation is 1. The summed E-state index contributed by atoms with van der Waals surface area (Å²) in [6, 6.07) is 8.29. The summed E-state index contributed by atoms with van der Waals surface area (Å²) in [5.74, 6) is 0.949. The van der Waals surface area contributed by atoms with Crippen LogP contribution >= 0.6 is 11.3 Å². The van der Waals surface area contributed by atoms with Gasteiger partial charge in [-0.3, -0.25) is 0 Å². The van der Waals surface area contributed by atoms with Crippen LogP contribution in [0.5, 0.6) is 5.75 Å². The highest BCUT2D eigenvalue weighted by Gasteiger charge is 2.07. The number of aromatic nitrogens is 2. The molecule has 0 unspecified atom stereocenters. The van der Waals surface area contributed by atoms with Crippen LogP contribution in [0.4, 0.5) is 0 Å². The Hall–Kier alpha value is -1.42. The third kappa shape index (κ3) is 7.86. The summed E-state index contributed by atoms with van der Waals surface area (Å²) in [7, 11) is 0. The van der Waals surface area contributed by atoms with E-state index in [4.69, 9.17) is 4.74 Å². The van der Waals surface area contributed by atoms with Crippen molar-refractivity contribution in [1.82, 2.24) is 10.2 Å². The van der Waals surface area contributed by atoms with Crippen LogP contribution in [0.2, 0.25) is 0 Å². The van der Waals surface area contributed by atoms with Crippen LogP contribution in [0.15, 0.2) is 24.3 Å². The first kappa shape index (κ1) is 20.9. The van der Waals surface area contributed by atoms with Crippen molar-refractivity contribution in [2.45, 2.75) is 84.5 Å². The van der Waals surface area contributed by atoms with Crippen LogP contribution in [0.3, 0.4) is 0 Å². The fraction of sp³-hybridized carbons (Fsp3) is 0.636. The van der Waals surface area contributed by atoms with Crippen molar-refractivity contribution in [3.05, 3.63) is 29.3 Å². The molecule has 3 nitrogen and oxygen atoms in total. The van der Waals surface area contributed by atoms with E-state index in [2.05, 4.69) is 36.2 Å². The van der Waals surface area contributed by atoms with Crippen LogP contribution < -0.4 is 4.74 Å². The largest absolute Gasteiger partial charge is 0.494 e. The smallest absolute Gasteiger partial charge is 0.147 e. The molecular formula is C22H34N2OS. The minimum Gasteiger partial charge on any atom is -0.494 e. The van der Waals surface area contributed by atoms with Gasteiger partial charge in [0.2, 0.25) is 0 Å². The molecule has 1 aromatic heterocycles. The van der Waals surface area contributed by atoms with Gasteiger partial charge in [0.15, 0.2) is 0 Å². The van der Waals surface area contributed by atoms with Crippen molar-refractivity contribution >= 4 is 11.3 Å². The lowest BCUT2D eigenvalue weighted by Crippen LogP contribution is -1.97. The lowest BCUT2D eigenvalue weighted by Gasteiger charge is -2.06. The third-order valence-corrected chi connectivity index (χ3v) is 5.61. The Morgan fingerprint density at radius 2 is 1.42 bits per heavy atom. The number of nitrogens with zero attached hydrogens (tertiary/aromatic N) is 2. The molecule has 0 N–H and O–H groups in total. The Morgan fingerprint density at radius 3 is 2.12 bits per heavy atom. The second-order valence-electron chi connectivity index (χ2n) is 6.95. The number of benzene rings is 1. The zero-order valence-corrected chi connectivity index (χ0v) is 17.3. The number of unbranched alkanes of at least 4 members (excludes halogenated alkanes) is 8. The lowest BCUT2D eigenvalue weighted by molar-refractivity contribution is 0.304. The van der Waals surface area contributed by atoms with E-state index in [1.54, 1.807) is 11.3 Å². The molecule has 144 valence electrons. The maximum absolute atomic E-state index is 5.83. The van der Waals surface area contributed by atoms with Crippen LogP contribution in [-0.2, 0) is 6.42 Å². The highest BCUT2D eigenvalue weighted by atomic mass is 32.1. The molecule has 0 aliphatic carbocycles. The van der Waals surface area contributed by atoms with E-state index in [1.165, 1.54) is 57.8 Å². The summed E-state index contributed by atoms with van der Waals surface area (Å²) >= 11 is 1.72. The molecular weight excluding hydrogens is 340 g/mol. The van der Waals surface area contributed by atoms with Gasteiger partial charge in [-0.25, -0.2) is 0 Å². The molecule has 0 saturated carbocycles. The first-order chi connectivity index (χ1) is 12.8. The van der Waals surface area contributed by atoms with E-state index >= 15 is 0 Å². The van der Waals surface area contributed by atoms with E-state index in [9.17, 15) is 0 Å². The monoisotopic (exact) mass is 374 g/mol. The van der Waals surface area contributed by atoms with Gasteiger partial charge in [-0.15, -0.1) is 10.2 Å². The molecule has 0 aliphatic rings. The highest BCUT2D eigenvalue weighted by Crippen LogP contribution is 2.26. The zero-order valence-electron chi connectivity index (χ0n) is 16.5. The Bertz CT molecular complexity index is 594. The minimum atomic E-state index is 0.810. The van der Waals surface area contributed by atoms with Gasteiger partial charge in [0.05, 0.1) is 6.61 Å². The number of ether oxygens (including phenoxy) is 1. The molecule has 0 aliphatic heterocycles. The Morgan fingerprint density at radius 1 is 0.769 bits per heavy atom. The van der Waals surface area contributed by atoms with Gasteiger partial charge >= 0.3 is 0 Å². The lowest BCUT2D eigenvalue weighted by atomic mass is 10.1. The molecule has 0 bridgehead atoms. The molecule has 2 aromatic rings. The van der Waals surface area contributed by atoms with E-state index in [0.29, 0.717) is 0 Å². The molecule has 0 radical (unpaired) electrons. The molecule has 4 heteroatoms. The van der Waals surface area contributed by atoms with Crippen molar-refractivity contribution in [1.29, 1.82) is 0 Å². The second-order valence-corrected chi connectivity index (χ2v) is 8.01. The quantitative estimate of drug-likeness (QED) is 0.332. The van der Waals surface area contributed by atoms with E-state index in [1.807, 2.05) is 12.1 Å². The van der Waals surface area contributed by atoms with Gasteiger partial charge < -0.3 is 4.74 Å². The SMILES string of the molecule is CCCCCCCOc1ccc(-c2nnc(CCCCCCC)s2)cc1. The predicted molar refractivity (Wildman–Crippen MR) is 112 cm³/mol. The summed E-state index contributed by atoms with van der Waals surface area (Å²) in [6.45, 7) is 5.30. The maximum atomic E-state index is 5.83. The molecule has 0 fully saturated rings. The Balaban J connectivity index is 1.72. The van der Waals surface area contributed by atoms with E-state index in [-0.39, 0.29) is 0 Å². The van der Waals surface area contributed by atoms with Crippen LogP contribution in [-0.4, -0.2) is 16.8 Å². The minimum absolute atomic E-state index is 0.810. The number of hydrogen-bond donors (Lipinski definition) is 0. The third-order valence-electron chi connectivity index (χ3n) is 4.58. The maximum Gasteiger partial charge on any atom is 0.147 e. The predicted octanol–water partition coefficient (Wildman–Crippen LogP) is 7.07. The average molecular weight is 375 g/mol. The highest BCUT2D eigenvalue weighted by molar-refractivity contribution is 7.14. The standard InChI is InChI=1S/C22H34N2OS/c1-3-5-7-9-11-13-21-23-24-22(26-21)19-14-16-20(17-15-19)25-18-12-10-8-6-4-2/h14-17H,3-13,18H2,1-2H3.